The zero-order chi connectivity index (χ0) is 37.2. The lowest BCUT2D eigenvalue weighted by molar-refractivity contribution is -0.0205. The number of esters is 6. The van der Waals surface area contributed by atoms with Gasteiger partial charge in [-0.3, -0.25) is 0 Å². The van der Waals surface area contributed by atoms with Crippen molar-refractivity contribution in [1.29, 1.82) is 0 Å². The molecule has 3 rings (SSSR count). The number of ether oxygens (including phenoxy) is 8. The number of benzene rings is 3. The van der Waals surface area contributed by atoms with Crippen LogP contribution in [-0.4, -0.2) is 114 Å². The maximum atomic E-state index is 12.5. The van der Waals surface area contributed by atoms with Gasteiger partial charge in [-0.1, -0.05) is 0 Å². The Labute approximate surface area is 293 Å². The summed E-state index contributed by atoms with van der Waals surface area (Å²) in [5.74, 6) is -4.07. The van der Waals surface area contributed by atoms with Crippen LogP contribution < -0.4 is 0 Å². The van der Waals surface area contributed by atoms with E-state index in [2.05, 4.69) is 0 Å². The minimum Gasteiger partial charge on any atom is -0.460 e. The molecule has 0 spiro atoms. The third kappa shape index (κ3) is 13.0. The Hall–Kier alpha value is -5.64. The van der Waals surface area contributed by atoms with Gasteiger partial charge in [-0.25, -0.2) is 28.8 Å². The number of hydrogen-bond donors (Lipinski definition) is 1. The van der Waals surface area contributed by atoms with Gasteiger partial charge in [0.25, 0.3) is 0 Å². The fourth-order valence-corrected chi connectivity index (χ4v) is 4.07. The molecule has 0 saturated carbocycles. The third-order valence-corrected chi connectivity index (χ3v) is 6.79. The molecule has 0 saturated heterocycles. The maximum absolute atomic E-state index is 12.5. The van der Waals surface area contributed by atoms with E-state index in [1.54, 1.807) is 0 Å². The first-order valence-corrected chi connectivity index (χ1v) is 15.6. The number of aliphatic hydroxyl groups excluding tert-OH is 1. The van der Waals surface area contributed by atoms with Gasteiger partial charge in [0, 0.05) is 14.2 Å². The minimum absolute atomic E-state index is 0.00345. The summed E-state index contributed by atoms with van der Waals surface area (Å²) in [7, 11) is 2.98. The van der Waals surface area contributed by atoms with Crippen molar-refractivity contribution >= 4 is 35.8 Å². The van der Waals surface area contributed by atoms with Crippen molar-refractivity contribution < 1.29 is 71.8 Å². The van der Waals surface area contributed by atoms with Gasteiger partial charge >= 0.3 is 35.8 Å². The molecular formula is C36H38O15. The lowest BCUT2D eigenvalue weighted by atomic mass is 10.1. The second kappa shape index (κ2) is 20.8. The summed E-state index contributed by atoms with van der Waals surface area (Å²) in [6, 6.07) is 16.6. The van der Waals surface area contributed by atoms with E-state index in [4.69, 9.17) is 43.0 Å². The molecule has 0 aliphatic heterocycles. The first-order chi connectivity index (χ1) is 24.6. The van der Waals surface area contributed by atoms with Crippen LogP contribution in [0.3, 0.4) is 0 Å². The Balaban J connectivity index is 1.36. The summed E-state index contributed by atoms with van der Waals surface area (Å²) < 4.78 is 40.9. The molecule has 0 aromatic heterocycles. The van der Waals surface area contributed by atoms with Crippen molar-refractivity contribution in [1.82, 2.24) is 0 Å². The van der Waals surface area contributed by atoms with Crippen LogP contribution in [0.5, 0.6) is 0 Å². The Morgan fingerprint density at radius 1 is 0.490 bits per heavy atom. The van der Waals surface area contributed by atoms with Gasteiger partial charge in [0.2, 0.25) is 0 Å². The minimum atomic E-state index is -0.804. The first kappa shape index (κ1) is 39.8. The number of hydrogen-bond acceptors (Lipinski definition) is 15. The molecule has 51 heavy (non-hydrogen) atoms. The zero-order valence-electron chi connectivity index (χ0n) is 28.2. The van der Waals surface area contributed by atoms with Crippen molar-refractivity contribution in [2.45, 2.75) is 19.1 Å². The van der Waals surface area contributed by atoms with Crippen LogP contribution in [0.1, 0.15) is 69.1 Å². The van der Waals surface area contributed by atoms with Gasteiger partial charge in [-0.2, -0.15) is 0 Å². The van der Waals surface area contributed by atoms with Gasteiger partial charge in [0.15, 0.2) is 0 Å². The number of carbonyl (C=O) groups excluding carboxylic acids is 6. The molecule has 2 unspecified atom stereocenters. The summed E-state index contributed by atoms with van der Waals surface area (Å²) in [6.07, 6.45) is -1.22. The maximum Gasteiger partial charge on any atom is 0.338 e. The molecule has 15 nitrogen and oxygen atoms in total. The van der Waals surface area contributed by atoms with Crippen LogP contribution >= 0.6 is 0 Å². The fourth-order valence-electron chi connectivity index (χ4n) is 4.07. The molecule has 2 atom stereocenters. The van der Waals surface area contributed by atoms with E-state index < -0.39 is 48.0 Å². The van der Waals surface area contributed by atoms with Crippen LogP contribution in [0.2, 0.25) is 0 Å². The highest BCUT2D eigenvalue weighted by Crippen LogP contribution is 2.12. The van der Waals surface area contributed by atoms with Crippen LogP contribution in [0.15, 0.2) is 72.8 Å². The monoisotopic (exact) mass is 710 g/mol. The molecular weight excluding hydrogens is 672 g/mol. The van der Waals surface area contributed by atoms with E-state index in [0.717, 1.165) is 0 Å². The Bertz CT molecular complexity index is 1620. The van der Waals surface area contributed by atoms with Crippen molar-refractivity contribution in [3.63, 3.8) is 0 Å². The zero-order valence-corrected chi connectivity index (χ0v) is 28.2. The molecule has 0 heterocycles. The van der Waals surface area contributed by atoms with Crippen molar-refractivity contribution in [2.75, 3.05) is 60.5 Å². The van der Waals surface area contributed by atoms with E-state index in [1.807, 2.05) is 0 Å². The number of methoxy groups -OCH3 is 2. The molecule has 15 heteroatoms. The number of aliphatic hydroxyl groups is 1. The Morgan fingerprint density at radius 2 is 0.824 bits per heavy atom. The largest absolute Gasteiger partial charge is 0.460 e. The summed E-state index contributed by atoms with van der Waals surface area (Å²) in [5.41, 5.74) is 1.02. The highest BCUT2D eigenvalue weighted by atomic mass is 16.6. The second-order valence-corrected chi connectivity index (χ2v) is 10.6. The second-order valence-electron chi connectivity index (χ2n) is 10.6. The molecule has 0 amide bonds. The van der Waals surface area contributed by atoms with Crippen molar-refractivity contribution in [3.05, 3.63) is 106 Å². The van der Waals surface area contributed by atoms with Gasteiger partial charge in [0.1, 0.15) is 45.2 Å². The van der Waals surface area contributed by atoms with E-state index in [-0.39, 0.29) is 79.6 Å². The predicted molar refractivity (Wildman–Crippen MR) is 175 cm³/mol. The Morgan fingerprint density at radius 3 is 1.18 bits per heavy atom. The standard InChI is InChI=1S/C36H38O15/c1-23(51-36(43)29-14-12-28(13-15-29)35(42)50-22-30(45-3)21-44-2)20-49-34(41)27-10-8-26(9-11-27)33(40)48-19-18-47-32(39)25-6-4-24(5-7-25)31(38)46-17-16-37/h4-15,23,30,37H,16-22H2,1-3H3. The topological polar surface area (TPSA) is 196 Å². The van der Waals surface area contributed by atoms with E-state index >= 15 is 0 Å². The smallest absolute Gasteiger partial charge is 0.338 e. The van der Waals surface area contributed by atoms with Crippen molar-refractivity contribution in [2.24, 2.45) is 0 Å². The highest BCUT2D eigenvalue weighted by Gasteiger charge is 2.18. The van der Waals surface area contributed by atoms with Crippen LogP contribution in [0, 0.1) is 0 Å². The first-order valence-electron chi connectivity index (χ1n) is 15.6. The third-order valence-electron chi connectivity index (χ3n) is 6.79. The average Bonchev–Trinajstić information content (AvgIpc) is 3.15. The normalized spacial score (nSPS) is 11.8. The Kier molecular flexibility index (Phi) is 16.2. The lowest BCUT2D eigenvalue weighted by Crippen LogP contribution is -2.25. The SMILES string of the molecule is COCC(COC(=O)c1ccc(C(=O)OC(C)COC(=O)c2ccc(C(=O)OCCOC(=O)c3ccc(C(=O)OCCO)cc3)cc2)cc1)OC. The molecule has 0 aliphatic carbocycles. The number of rotatable bonds is 19. The quantitative estimate of drug-likeness (QED) is 0.108. The molecule has 0 radical (unpaired) electrons. The van der Waals surface area contributed by atoms with Crippen LogP contribution in [0.4, 0.5) is 0 Å². The van der Waals surface area contributed by atoms with Crippen molar-refractivity contribution in [3.8, 4) is 0 Å². The molecule has 3 aromatic carbocycles. The summed E-state index contributed by atoms with van der Waals surface area (Å²) in [4.78, 5) is 73.7. The van der Waals surface area contributed by atoms with Gasteiger partial charge in [-0.05, 0) is 79.7 Å². The fraction of sp³-hybridized carbons (Fsp3) is 0.333. The van der Waals surface area contributed by atoms with E-state index in [1.165, 1.54) is 93.9 Å². The summed E-state index contributed by atoms with van der Waals surface area (Å²) >= 11 is 0. The summed E-state index contributed by atoms with van der Waals surface area (Å²) in [6.45, 7) is 0.617. The van der Waals surface area contributed by atoms with Gasteiger partial charge in [0.05, 0.1) is 46.6 Å². The van der Waals surface area contributed by atoms with E-state index in [0.29, 0.717) is 0 Å². The number of carbonyl (C=O) groups is 6. The molecule has 3 aromatic rings. The molecule has 1 N–H and O–H groups in total. The lowest BCUT2D eigenvalue weighted by Gasteiger charge is -2.15. The summed E-state index contributed by atoms with van der Waals surface area (Å²) in [5, 5.41) is 8.72. The molecule has 0 bridgehead atoms. The molecule has 0 fully saturated rings. The van der Waals surface area contributed by atoms with Crippen LogP contribution in [0.25, 0.3) is 0 Å². The van der Waals surface area contributed by atoms with Gasteiger partial charge < -0.3 is 43.0 Å². The highest BCUT2D eigenvalue weighted by molar-refractivity contribution is 5.95. The molecule has 0 aliphatic rings. The predicted octanol–water partition coefficient (Wildman–Crippen LogP) is 3.07. The van der Waals surface area contributed by atoms with E-state index in [9.17, 15) is 28.8 Å². The van der Waals surface area contributed by atoms with Crippen LogP contribution in [-0.2, 0) is 37.9 Å². The van der Waals surface area contributed by atoms with Gasteiger partial charge in [-0.15, -0.1) is 0 Å². The molecule has 272 valence electrons. The average molecular weight is 711 g/mol.